The lowest BCUT2D eigenvalue weighted by atomic mass is 9.97. The van der Waals surface area contributed by atoms with Crippen LogP contribution in [-0.2, 0) is 24.2 Å². The number of benzene rings is 1. The number of aryl methyl sites for hydroxylation is 2. The van der Waals surface area contributed by atoms with E-state index in [1.807, 2.05) is 36.6 Å². The number of thioether (sulfide) groups is 2. The SMILES string of the molecule is CSc1nc(SCC(=O)NCc2ccccc2)c2c3c(sc2n1)CCCC3. The van der Waals surface area contributed by atoms with Crippen molar-refractivity contribution in [3.8, 4) is 0 Å². The van der Waals surface area contributed by atoms with Crippen LogP contribution in [-0.4, -0.2) is 27.9 Å². The van der Waals surface area contributed by atoms with E-state index < -0.39 is 0 Å². The van der Waals surface area contributed by atoms with Gasteiger partial charge in [-0.3, -0.25) is 4.79 Å². The molecule has 7 heteroatoms. The molecule has 0 radical (unpaired) electrons. The smallest absolute Gasteiger partial charge is 0.230 e. The number of nitrogens with zero attached hydrogens (tertiary/aromatic N) is 2. The lowest BCUT2D eigenvalue weighted by Crippen LogP contribution is -2.24. The minimum absolute atomic E-state index is 0.0328. The lowest BCUT2D eigenvalue weighted by molar-refractivity contribution is -0.118. The quantitative estimate of drug-likeness (QED) is 0.359. The molecule has 1 N–H and O–H groups in total. The van der Waals surface area contributed by atoms with Crippen LogP contribution in [0.1, 0.15) is 28.8 Å². The van der Waals surface area contributed by atoms with Gasteiger partial charge in [0.1, 0.15) is 9.86 Å². The Kier molecular flexibility index (Phi) is 6.00. The molecule has 4 rings (SSSR count). The van der Waals surface area contributed by atoms with Crippen molar-refractivity contribution >= 4 is 51.0 Å². The molecule has 2 aromatic heterocycles. The number of carbonyl (C=O) groups excluding carboxylic acids is 1. The first kappa shape index (κ1) is 18.8. The van der Waals surface area contributed by atoms with Gasteiger partial charge >= 0.3 is 0 Å². The van der Waals surface area contributed by atoms with E-state index in [2.05, 4.69) is 5.32 Å². The summed E-state index contributed by atoms with van der Waals surface area (Å²) in [6.45, 7) is 0.559. The third kappa shape index (κ3) is 4.31. The van der Waals surface area contributed by atoms with Gasteiger partial charge in [-0.25, -0.2) is 9.97 Å². The highest BCUT2D eigenvalue weighted by Gasteiger charge is 2.21. The van der Waals surface area contributed by atoms with Gasteiger partial charge in [-0.05, 0) is 43.1 Å². The summed E-state index contributed by atoms with van der Waals surface area (Å²) < 4.78 is 0. The molecule has 0 aliphatic heterocycles. The van der Waals surface area contributed by atoms with Gasteiger partial charge < -0.3 is 5.32 Å². The Bertz CT molecular complexity index is 956. The van der Waals surface area contributed by atoms with Crippen LogP contribution >= 0.6 is 34.9 Å². The highest BCUT2D eigenvalue weighted by Crippen LogP contribution is 2.40. The van der Waals surface area contributed by atoms with E-state index in [0.717, 1.165) is 33.4 Å². The van der Waals surface area contributed by atoms with Crippen LogP contribution in [0.5, 0.6) is 0 Å². The molecule has 1 amide bonds. The topological polar surface area (TPSA) is 54.9 Å². The molecule has 0 atom stereocenters. The zero-order valence-electron chi connectivity index (χ0n) is 15.2. The van der Waals surface area contributed by atoms with Crippen molar-refractivity contribution in [3.05, 3.63) is 46.3 Å². The van der Waals surface area contributed by atoms with Gasteiger partial charge in [-0.2, -0.15) is 0 Å². The van der Waals surface area contributed by atoms with Crippen LogP contribution in [0.25, 0.3) is 10.2 Å². The van der Waals surface area contributed by atoms with Crippen LogP contribution in [0.3, 0.4) is 0 Å². The molecule has 0 fully saturated rings. The summed E-state index contributed by atoms with van der Waals surface area (Å²) in [7, 11) is 0. The molecule has 0 saturated carbocycles. The molecule has 3 aromatic rings. The van der Waals surface area contributed by atoms with Crippen LogP contribution in [0, 0.1) is 0 Å². The second-order valence-electron chi connectivity index (χ2n) is 6.46. The van der Waals surface area contributed by atoms with Crippen LogP contribution in [0.4, 0.5) is 0 Å². The molecule has 0 spiro atoms. The number of rotatable bonds is 6. The summed E-state index contributed by atoms with van der Waals surface area (Å²) in [6.07, 6.45) is 6.73. The summed E-state index contributed by atoms with van der Waals surface area (Å²) in [4.78, 5) is 24.3. The number of hydrogen-bond acceptors (Lipinski definition) is 6. The van der Waals surface area contributed by atoms with E-state index in [-0.39, 0.29) is 5.91 Å². The molecule has 0 unspecified atom stereocenters. The maximum atomic E-state index is 12.3. The lowest BCUT2D eigenvalue weighted by Gasteiger charge is -2.12. The number of aromatic nitrogens is 2. The Balaban J connectivity index is 1.50. The van der Waals surface area contributed by atoms with E-state index in [1.165, 1.54) is 40.4 Å². The Morgan fingerprint density at radius 1 is 1.19 bits per heavy atom. The predicted octanol–water partition coefficient (Wildman–Crippen LogP) is 4.70. The van der Waals surface area contributed by atoms with Gasteiger partial charge in [-0.15, -0.1) is 11.3 Å². The molecule has 2 heterocycles. The van der Waals surface area contributed by atoms with Gasteiger partial charge in [0, 0.05) is 16.8 Å². The highest BCUT2D eigenvalue weighted by molar-refractivity contribution is 8.00. The summed E-state index contributed by atoms with van der Waals surface area (Å²) in [5.41, 5.74) is 2.53. The van der Waals surface area contributed by atoms with Gasteiger partial charge in [0.2, 0.25) is 5.91 Å². The van der Waals surface area contributed by atoms with E-state index in [4.69, 9.17) is 9.97 Å². The Hall–Kier alpha value is -1.57. The fraction of sp³-hybridized carbons (Fsp3) is 0.350. The standard InChI is InChI=1S/C20H21N3OS3/c1-25-20-22-18(17-14-9-5-6-10-15(14)27-19(17)23-20)26-12-16(24)21-11-13-7-3-2-4-8-13/h2-4,7-8H,5-6,9-12H2,1H3,(H,21,24). The third-order valence-electron chi connectivity index (χ3n) is 4.62. The maximum absolute atomic E-state index is 12.3. The number of amides is 1. The van der Waals surface area contributed by atoms with Crippen molar-refractivity contribution in [1.29, 1.82) is 0 Å². The Morgan fingerprint density at radius 2 is 2.00 bits per heavy atom. The van der Waals surface area contributed by atoms with Crippen LogP contribution in [0.15, 0.2) is 40.5 Å². The molecule has 0 saturated heterocycles. The molecule has 1 aliphatic carbocycles. The zero-order valence-corrected chi connectivity index (χ0v) is 17.6. The molecule has 0 bridgehead atoms. The van der Waals surface area contributed by atoms with Crippen LogP contribution in [0.2, 0.25) is 0 Å². The predicted molar refractivity (Wildman–Crippen MR) is 115 cm³/mol. The second kappa shape index (κ2) is 8.63. The number of thiophene rings is 1. The van der Waals surface area contributed by atoms with Crippen molar-refractivity contribution in [2.24, 2.45) is 0 Å². The largest absolute Gasteiger partial charge is 0.351 e. The van der Waals surface area contributed by atoms with Crippen LogP contribution < -0.4 is 5.32 Å². The van der Waals surface area contributed by atoms with Gasteiger partial charge in [0.15, 0.2) is 5.16 Å². The molecule has 1 aromatic carbocycles. The first-order valence-electron chi connectivity index (χ1n) is 9.04. The molecule has 27 heavy (non-hydrogen) atoms. The monoisotopic (exact) mass is 415 g/mol. The average molecular weight is 416 g/mol. The molecule has 140 valence electrons. The minimum atomic E-state index is 0.0328. The first-order chi connectivity index (χ1) is 13.2. The number of hydrogen-bond donors (Lipinski definition) is 1. The number of carbonyl (C=O) groups is 1. The van der Waals surface area contributed by atoms with E-state index >= 15 is 0 Å². The van der Waals surface area contributed by atoms with Gasteiger partial charge in [-0.1, -0.05) is 53.9 Å². The third-order valence-corrected chi connectivity index (χ3v) is 7.32. The van der Waals surface area contributed by atoms with Crippen molar-refractivity contribution in [3.63, 3.8) is 0 Å². The normalized spacial score (nSPS) is 13.5. The molecular formula is C20H21N3OS3. The number of fused-ring (bicyclic) bond motifs is 3. The molecular weight excluding hydrogens is 394 g/mol. The zero-order chi connectivity index (χ0) is 18.6. The summed E-state index contributed by atoms with van der Waals surface area (Å²) >= 11 is 4.89. The average Bonchev–Trinajstić information content (AvgIpc) is 3.09. The molecule has 4 nitrogen and oxygen atoms in total. The van der Waals surface area contributed by atoms with Crippen molar-refractivity contribution < 1.29 is 4.79 Å². The second-order valence-corrected chi connectivity index (χ2v) is 9.28. The van der Waals surface area contributed by atoms with Gasteiger partial charge in [0.05, 0.1) is 5.75 Å². The minimum Gasteiger partial charge on any atom is -0.351 e. The summed E-state index contributed by atoms with van der Waals surface area (Å²) in [5, 5.41) is 5.93. The van der Waals surface area contributed by atoms with Crippen molar-refractivity contribution in [2.75, 3.05) is 12.0 Å². The summed E-state index contributed by atoms with van der Waals surface area (Å²) in [6, 6.07) is 9.98. The molecule has 1 aliphatic rings. The fourth-order valence-corrected chi connectivity index (χ4v) is 5.97. The summed E-state index contributed by atoms with van der Waals surface area (Å²) in [5.74, 6) is 0.405. The van der Waals surface area contributed by atoms with Crippen molar-refractivity contribution in [2.45, 2.75) is 42.4 Å². The first-order valence-corrected chi connectivity index (χ1v) is 12.1. The highest BCUT2D eigenvalue weighted by atomic mass is 32.2. The Morgan fingerprint density at radius 3 is 2.81 bits per heavy atom. The van der Waals surface area contributed by atoms with Crippen molar-refractivity contribution in [1.82, 2.24) is 15.3 Å². The van der Waals surface area contributed by atoms with E-state index in [1.54, 1.807) is 23.1 Å². The van der Waals surface area contributed by atoms with E-state index in [0.29, 0.717) is 12.3 Å². The Labute approximate surface area is 171 Å². The van der Waals surface area contributed by atoms with Gasteiger partial charge in [0.25, 0.3) is 0 Å². The van der Waals surface area contributed by atoms with E-state index in [9.17, 15) is 4.79 Å². The maximum Gasteiger partial charge on any atom is 0.230 e. The number of nitrogens with one attached hydrogen (secondary N) is 1. The fourth-order valence-electron chi connectivity index (χ4n) is 3.28.